The van der Waals surface area contributed by atoms with Gasteiger partial charge in [0.15, 0.2) is 0 Å². The van der Waals surface area contributed by atoms with Crippen molar-refractivity contribution in [1.29, 1.82) is 5.26 Å². The average Bonchev–Trinajstić information content (AvgIpc) is 3.32. The maximum absolute atomic E-state index is 13.5. The van der Waals surface area contributed by atoms with Gasteiger partial charge in [0.05, 0.1) is 46.5 Å². The number of hydrogen-bond donors (Lipinski definition) is 0. The van der Waals surface area contributed by atoms with Crippen molar-refractivity contribution in [2.75, 3.05) is 7.05 Å². The fourth-order valence-corrected chi connectivity index (χ4v) is 4.53. The molecule has 0 N–H and O–H groups in total. The van der Waals surface area contributed by atoms with Gasteiger partial charge >= 0.3 is 24.4 Å². The summed E-state index contributed by atoms with van der Waals surface area (Å²) in [6.07, 6.45) is 3.30. The molecule has 167 valence electrons. The van der Waals surface area contributed by atoms with Crippen molar-refractivity contribution in [2.45, 2.75) is 31.4 Å². The maximum Gasteiger partial charge on any atom is 0.418 e. The van der Waals surface area contributed by atoms with E-state index in [4.69, 9.17) is 0 Å². The molecule has 2 aliphatic rings. The molecule has 5 rings (SSSR count). The van der Waals surface area contributed by atoms with E-state index >= 15 is 0 Å². The fourth-order valence-electron chi connectivity index (χ4n) is 4.53. The van der Waals surface area contributed by atoms with Gasteiger partial charge in [-0.3, -0.25) is 8.97 Å². The molecule has 3 heterocycles. The zero-order valence-electron chi connectivity index (χ0n) is 17.6. The Morgan fingerprint density at radius 2 is 2.06 bits per heavy atom. The Labute approximate surface area is 186 Å². The summed E-state index contributed by atoms with van der Waals surface area (Å²) in [7, 11) is 1.85. The second-order valence-corrected chi connectivity index (χ2v) is 8.35. The number of benzene rings is 1. The molecule has 1 aromatic carbocycles. The smallest absolute Gasteiger partial charge is 0.267 e. The number of hydrogen-bond acceptors (Lipinski definition) is 4. The molecule has 1 aliphatic carbocycles. The lowest BCUT2D eigenvalue weighted by Gasteiger charge is -2.34. The van der Waals surface area contributed by atoms with Crippen LogP contribution in [0.25, 0.3) is 11.2 Å². The Balaban J connectivity index is 1.68. The first-order valence-electron chi connectivity index (χ1n) is 10.5. The quantitative estimate of drug-likeness (QED) is 0.547. The standard InChI is InChI=1S/C23H19F3N6O/c1-30-13-28-29-21(30)20(15-4-2-5-15)16-8-14(11-27)9-17(10-16)32-12-19-18(23(24,25)26)6-3-7-31(19)22(32)33/h3,6-10,12-13,15,20H,2,4-5H2,1H3/q+1/t20-/m0/s1. The number of alkyl halides is 3. The van der Waals surface area contributed by atoms with Gasteiger partial charge in [0, 0.05) is 12.4 Å². The van der Waals surface area contributed by atoms with Crippen LogP contribution in [0.4, 0.5) is 13.2 Å². The summed E-state index contributed by atoms with van der Waals surface area (Å²) in [5, 5.41) is 17.9. The van der Waals surface area contributed by atoms with Gasteiger partial charge in [0.25, 0.3) is 0 Å². The van der Waals surface area contributed by atoms with Crippen molar-refractivity contribution >= 4 is 11.9 Å². The van der Waals surface area contributed by atoms with Gasteiger partial charge in [-0.25, -0.2) is 9.37 Å². The summed E-state index contributed by atoms with van der Waals surface area (Å²) >= 11 is 0. The van der Waals surface area contributed by atoms with Crippen molar-refractivity contribution in [3.05, 3.63) is 76.1 Å². The van der Waals surface area contributed by atoms with E-state index < -0.39 is 17.4 Å². The first kappa shape index (κ1) is 21.1. The second kappa shape index (κ2) is 7.69. The molecular formula is C23H19F3N6O+. The number of imidazole rings is 1. The molecule has 3 aromatic rings. The highest BCUT2D eigenvalue weighted by Gasteiger charge is 2.42. The summed E-state index contributed by atoms with van der Waals surface area (Å²) in [4.78, 5) is 13.0. The molecule has 0 bridgehead atoms. The molecule has 0 spiro atoms. The number of rotatable bonds is 4. The van der Waals surface area contributed by atoms with Crippen molar-refractivity contribution in [3.63, 3.8) is 0 Å². The lowest BCUT2D eigenvalue weighted by atomic mass is 9.71. The van der Waals surface area contributed by atoms with Crippen LogP contribution in [0.1, 0.15) is 41.9 Å². The summed E-state index contributed by atoms with van der Waals surface area (Å²) in [5.74, 6) is 0.160. The van der Waals surface area contributed by atoms with Crippen LogP contribution in [0.2, 0.25) is 0 Å². The van der Waals surface area contributed by atoms with Crippen LogP contribution in [-0.2, 0) is 6.18 Å². The van der Waals surface area contributed by atoms with Gasteiger partial charge in [-0.1, -0.05) is 6.42 Å². The first-order valence-corrected chi connectivity index (χ1v) is 10.5. The van der Waals surface area contributed by atoms with Crippen LogP contribution in [0, 0.1) is 23.4 Å². The highest BCUT2D eigenvalue weighted by Crippen LogP contribution is 2.46. The van der Waals surface area contributed by atoms with Crippen LogP contribution >= 0.6 is 0 Å². The van der Waals surface area contributed by atoms with E-state index in [1.54, 1.807) is 18.5 Å². The van der Waals surface area contributed by atoms with Crippen molar-refractivity contribution in [1.82, 2.24) is 8.97 Å². The van der Waals surface area contributed by atoms with Crippen LogP contribution in [0.15, 0.2) is 57.7 Å². The third-order valence-electron chi connectivity index (χ3n) is 6.35. The highest BCUT2D eigenvalue weighted by molar-refractivity contribution is 5.58. The van der Waals surface area contributed by atoms with E-state index in [-0.39, 0.29) is 11.4 Å². The molecule has 1 fully saturated rings. The molecule has 1 atom stereocenters. The minimum absolute atomic E-state index is 0.142. The van der Waals surface area contributed by atoms with E-state index in [0.29, 0.717) is 17.2 Å². The molecule has 2 aromatic heterocycles. The van der Waals surface area contributed by atoms with Gasteiger partial charge in [-0.2, -0.15) is 18.4 Å². The van der Waals surface area contributed by atoms with Crippen molar-refractivity contribution < 1.29 is 17.7 Å². The maximum atomic E-state index is 13.5. The van der Waals surface area contributed by atoms with Crippen molar-refractivity contribution in [3.8, 4) is 11.8 Å². The van der Waals surface area contributed by atoms with Crippen LogP contribution in [-0.4, -0.2) is 26.9 Å². The first-order chi connectivity index (χ1) is 15.8. The summed E-state index contributed by atoms with van der Waals surface area (Å²) < 4.78 is 44.4. The van der Waals surface area contributed by atoms with E-state index in [0.717, 1.165) is 46.0 Å². The van der Waals surface area contributed by atoms with E-state index in [1.807, 2.05) is 11.6 Å². The lowest BCUT2D eigenvalue weighted by Crippen LogP contribution is -2.29. The summed E-state index contributed by atoms with van der Waals surface area (Å²) in [6.45, 7) is 0. The highest BCUT2D eigenvalue weighted by atomic mass is 19.4. The van der Waals surface area contributed by atoms with Crippen LogP contribution in [0.3, 0.4) is 0 Å². The predicted molar refractivity (Wildman–Crippen MR) is 113 cm³/mol. The predicted octanol–water partition coefficient (Wildman–Crippen LogP) is 4.49. The Morgan fingerprint density at radius 3 is 2.67 bits per heavy atom. The van der Waals surface area contributed by atoms with Gasteiger partial charge in [0.1, 0.15) is 0 Å². The third kappa shape index (κ3) is 3.53. The Kier molecular flexibility index (Phi) is 4.92. The third-order valence-corrected chi connectivity index (χ3v) is 6.35. The monoisotopic (exact) mass is 452 g/mol. The molecule has 0 saturated heterocycles. The van der Waals surface area contributed by atoms with Gasteiger partial charge in [0.2, 0.25) is 0 Å². The molecule has 10 heteroatoms. The molecule has 0 unspecified atom stereocenters. The molecule has 1 radical (unpaired) electrons. The zero-order chi connectivity index (χ0) is 23.3. The zero-order valence-corrected chi connectivity index (χ0v) is 17.6. The Hall–Kier alpha value is -3.74. The van der Waals surface area contributed by atoms with Gasteiger partial charge in [-0.05, 0) is 59.8 Å². The van der Waals surface area contributed by atoms with Crippen LogP contribution < -0.4 is 5.69 Å². The summed E-state index contributed by atoms with van der Waals surface area (Å²) in [5.41, 5.74) is -0.365. The SMILES string of the molecule is C[N+]1=CN=N[C]1[C@H](c1cc(C#N)cc(-n2cc3c(C(F)(F)F)cccn3c2=O)c1)C1CCC1. The molecule has 1 aliphatic heterocycles. The molecule has 7 nitrogen and oxygen atoms in total. The average molecular weight is 452 g/mol. The number of likely N-dealkylation sites (N-methyl/N-ethyl adjacent to an activating group) is 1. The number of aromatic nitrogens is 2. The Morgan fingerprint density at radius 1 is 1.27 bits per heavy atom. The molecular weight excluding hydrogens is 433 g/mol. The van der Waals surface area contributed by atoms with Crippen molar-refractivity contribution in [2.24, 2.45) is 16.1 Å². The largest absolute Gasteiger partial charge is 0.418 e. The Bertz CT molecular complexity index is 1400. The molecule has 1 saturated carbocycles. The molecule has 0 amide bonds. The normalized spacial score (nSPS) is 17.7. The number of fused-ring (bicyclic) bond motifs is 1. The fraction of sp³-hybridized carbons (Fsp3) is 0.304. The number of nitrogens with zero attached hydrogens (tertiary/aromatic N) is 6. The minimum atomic E-state index is -4.61. The number of pyridine rings is 1. The van der Waals surface area contributed by atoms with Crippen LogP contribution in [0.5, 0.6) is 0 Å². The topological polar surface area (TPSA) is 77.9 Å². The second-order valence-electron chi connectivity index (χ2n) is 8.35. The van der Waals surface area contributed by atoms with E-state index in [2.05, 4.69) is 16.3 Å². The van der Waals surface area contributed by atoms with E-state index in [1.165, 1.54) is 24.5 Å². The lowest BCUT2D eigenvalue weighted by molar-refractivity contribution is -0.480. The molecule has 33 heavy (non-hydrogen) atoms. The van der Waals surface area contributed by atoms with E-state index in [9.17, 15) is 23.2 Å². The number of azo groups is 1. The minimum Gasteiger partial charge on any atom is -0.267 e. The van der Waals surface area contributed by atoms with Gasteiger partial charge in [-0.15, -0.1) is 0 Å². The summed E-state index contributed by atoms with van der Waals surface area (Å²) in [6, 6.07) is 9.26. The number of halogens is 3. The van der Waals surface area contributed by atoms with Gasteiger partial charge < -0.3 is 0 Å². The number of nitriles is 1.